The molecule has 0 radical (unpaired) electrons. The number of hydrogen-bond acceptors (Lipinski definition) is 8. The summed E-state index contributed by atoms with van der Waals surface area (Å²) < 4.78 is 17.0. The molecule has 4 aliphatic rings. The fraction of sp³-hybridized carbons (Fsp3) is 0.438. The lowest BCUT2D eigenvalue weighted by atomic mass is 9.89. The van der Waals surface area contributed by atoms with Gasteiger partial charge < -0.3 is 16.4 Å². The lowest BCUT2D eigenvalue weighted by molar-refractivity contribution is 0.223. The summed E-state index contributed by atoms with van der Waals surface area (Å²) in [4.78, 5) is 7.05. The monoisotopic (exact) mass is 565 g/mol. The third-order valence-electron chi connectivity index (χ3n) is 9.85. The molecule has 4 heterocycles. The van der Waals surface area contributed by atoms with Gasteiger partial charge >= 0.3 is 0 Å². The predicted octanol–water partition coefficient (Wildman–Crippen LogP) is 4.81. The van der Waals surface area contributed by atoms with Crippen LogP contribution in [0.5, 0.6) is 0 Å². The Morgan fingerprint density at radius 3 is 2.69 bits per heavy atom. The Morgan fingerprint density at radius 2 is 1.81 bits per heavy atom. The van der Waals surface area contributed by atoms with Gasteiger partial charge in [-0.2, -0.15) is 9.67 Å². The van der Waals surface area contributed by atoms with Crippen molar-refractivity contribution in [2.75, 3.05) is 30.7 Å². The molecule has 2 aromatic carbocycles. The van der Waals surface area contributed by atoms with Gasteiger partial charge in [0, 0.05) is 48.5 Å². The van der Waals surface area contributed by atoms with Crippen LogP contribution >= 0.6 is 0 Å². The van der Waals surface area contributed by atoms with Crippen molar-refractivity contribution in [2.45, 2.75) is 57.0 Å². The number of hydrogen-bond donors (Lipinski definition) is 3. The molecule has 42 heavy (non-hydrogen) atoms. The van der Waals surface area contributed by atoms with E-state index in [1.165, 1.54) is 42.0 Å². The molecule has 8 rings (SSSR count). The van der Waals surface area contributed by atoms with Crippen LogP contribution in [0.25, 0.3) is 17.1 Å². The zero-order chi connectivity index (χ0) is 28.2. The van der Waals surface area contributed by atoms with Crippen molar-refractivity contribution >= 4 is 17.6 Å². The minimum absolute atomic E-state index is 0.0437. The lowest BCUT2D eigenvalue weighted by Gasteiger charge is -2.26. The number of nitrogens with zero attached hydrogens (tertiary/aromatic N) is 6. The second-order valence-electron chi connectivity index (χ2n) is 12.4. The summed E-state index contributed by atoms with van der Waals surface area (Å²) in [6.07, 6.45) is 8.25. The number of halogens is 1. The molecule has 0 bridgehead atoms. The third-order valence-corrected chi connectivity index (χ3v) is 9.85. The molecule has 4 N–H and O–H groups in total. The maximum absolute atomic E-state index is 15.5. The highest BCUT2D eigenvalue weighted by molar-refractivity contribution is 5.68. The van der Waals surface area contributed by atoms with E-state index in [-0.39, 0.29) is 23.8 Å². The maximum atomic E-state index is 15.5. The first-order valence-electron chi connectivity index (χ1n) is 15.3. The molecule has 9 nitrogen and oxygen atoms in total. The molecular weight excluding hydrogens is 529 g/mol. The van der Waals surface area contributed by atoms with Crippen LogP contribution in [0.1, 0.15) is 54.8 Å². The number of nitrogen functional groups attached to an aromatic ring is 1. The average Bonchev–Trinajstić information content (AvgIpc) is 3.78. The maximum Gasteiger partial charge on any atom is 0.248 e. The van der Waals surface area contributed by atoms with Gasteiger partial charge in [0.1, 0.15) is 5.82 Å². The van der Waals surface area contributed by atoms with Crippen molar-refractivity contribution in [3.05, 3.63) is 71.0 Å². The highest BCUT2D eigenvalue weighted by Gasteiger charge is 2.45. The topological polar surface area (TPSA) is 110 Å². The Bertz CT molecular complexity index is 1630. The van der Waals surface area contributed by atoms with E-state index < -0.39 is 0 Å². The molecule has 10 heteroatoms. The molecule has 216 valence electrons. The van der Waals surface area contributed by atoms with E-state index in [4.69, 9.17) is 5.73 Å². The van der Waals surface area contributed by atoms with Crippen molar-refractivity contribution in [1.82, 2.24) is 35.2 Å². The average molecular weight is 566 g/mol. The largest absolute Gasteiger partial charge is 0.368 e. The molecule has 2 saturated heterocycles. The van der Waals surface area contributed by atoms with Gasteiger partial charge in [0.25, 0.3) is 0 Å². The number of aromatic nitrogens is 5. The van der Waals surface area contributed by atoms with Crippen LogP contribution in [0.2, 0.25) is 0 Å². The summed E-state index contributed by atoms with van der Waals surface area (Å²) in [5.41, 5.74) is 12.0. The molecule has 2 aliphatic carbocycles. The minimum Gasteiger partial charge on any atom is -0.368 e. The highest BCUT2D eigenvalue weighted by Crippen LogP contribution is 2.42. The Balaban J connectivity index is 0.995. The summed E-state index contributed by atoms with van der Waals surface area (Å²) in [7, 11) is 0. The summed E-state index contributed by atoms with van der Waals surface area (Å²) in [6.45, 7) is 3.15. The van der Waals surface area contributed by atoms with E-state index in [0.717, 1.165) is 67.3 Å². The normalized spacial score (nSPS) is 23.9. The van der Waals surface area contributed by atoms with Crippen molar-refractivity contribution in [1.29, 1.82) is 0 Å². The van der Waals surface area contributed by atoms with Gasteiger partial charge in [0.05, 0.1) is 5.69 Å². The number of likely N-dealkylation sites (tertiary alicyclic amines) is 1. The van der Waals surface area contributed by atoms with Gasteiger partial charge in [-0.3, -0.25) is 4.90 Å². The predicted molar refractivity (Wildman–Crippen MR) is 160 cm³/mol. The molecule has 2 aromatic heterocycles. The van der Waals surface area contributed by atoms with Crippen LogP contribution in [-0.4, -0.2) is 55.5 Å². The standard InChI is InChI=1S/C32H36FN9/c33-27-15-22(12-13-25(27)30-26-18-41(17-21(26)16-35-30)23-9-2-3-10-23)36-32-37-31(34)42(40-32)28-14-20-8-5-7-19-6-1-4-11-24(19)29(20)39-38-28/h1,4,6,11-15,21,23,26,30,35H,2-3,5,7-10,16-18H2,(H3,34,36,37,40). The van der Waals surface area contributed by atoms with Crippen molar-refractivity contribution in [3.63, 3.8) is 0 Å². The third kappa shape index (κ3) is 4.53. The molecular formula is C32H36FN9. The molecule has 2 aliphatic heterocycles. The van der Waals surface area contributed by atoms with Crippen molar-refractivity contribution in [3.8, 4) is 17.1 Å². The van der Waals surface area contributed by atoms with Gasteiger partial charge in [-0.05, 0) is 73.3 Å². The Labute approximate surface area is 244 Å². The fourth-order valence-electron chi connectivity index (χ4n) is 7.77. The number of nitrogens with one attached hydrogen (secondary N) is 2. The van der Waals surface area contributed by atoms with Crippen LogP contribution in [0.3, 0.4) is 0 Å². The number of benzene rings is 2. The number of anilines is 3. The smallest absolute Gasteiger partial charge is 0.248 e. The fourth-order valence-corrected chi connectivity index (χ4v) is 7.77. The lowest BCUT2D eigenvalue weighted by Crippen LogP contribution is -2.34. The van der Waals surface area contributed by atoms with Gasteiger partial charge in [-0.15, -0.1) is 15.3 Å². The first-order valence-corrected chi connectivity index (χ1v) is 15.3. The summed E-state index contributed by atoms with van der Waals surface area (Å²) in [5, 5.41) is 20.3. The highest BCUT2D eigenvalue weighted by atomic mass is 19.1. The van der Waals surface area contributed by atoms with Crippen LogP contribution in [0.4, 0.5) is 22.0 Å². The van der Waals surface area contributed by atoms with Gasteiger partial charge in [-0.25, -0.2) is 4.39 Å². The van der Waals surface area contributed by atoms with E-state index in [1.54, 1.807) is 0 Å². The van der Waals surface area contributed by atoms with E-state index in [2.05, 4.69) is 54.0 Å². The zero-order valence-electron chi connectivity index (χ0n) is 23.6. The number of rotatable bonds is 5. The van der Waals surface area contributed by atoms with Crippen LogP contribution in [0.15, 0.2) is 48.5 Å². The molecule has 3 atom stereocenters. The summed E-state index contributed by atoms with van der Waals surface area (Å²) in [5.74, 6) is 1.80. The van der Waals surface area contributed by atoms with E-state index >= 15 is 4.39 Å². The summed E-state index contributed by atoms with van der Waals surface area (Å²) in [6, 6.07) is 16.4. The molecule has 1 saturated carbocycles. The molecule has 0 spiro atoms. The zero-order valence-corrected chi connectivity index (χ0v) is 23.6. The molecule has 3 fully saturated rings. The van der Waals surface area contributed by atoms with Gasteiger partial charge in [0.2, 0.25) is 11.9 Å². The van der Waals surface area contributed by atoms with Crippen LogP contribution in [-0.2, 0) is 12.8 Å². The minimum atomic E-state index is -0.221. The quantitative estimate of drug-likeness (QED) is 0.316. The molecule has 3 unspecified atom stereocenters. The second kappa shape index (κ2) is 10.4. The Hall–Kier alpha value is -3.89. The van der Waals surface area contributed by atoms with E-state index in [1.807, 2.05) is 24.3 Å². The van der Waals surface area contributed by atoms with Crippen molar-refractivity contribution in [2.24, 2.45) is 11.8 Å². The van der Waals surface area contributed by atoms with Crippen LogP contribution < -0.4 is 16.4 Å². The Kier molecular flexibility index (Phi) is 6.41. The molecule has 4 aromatic rings. The van der Waals surface area contributed by atoms with Crippen molar-refractivity contribution < 1.29 is 4.39 Å². The number of fused-ring (bicyclic) bond motifs is 4. The SMILES string of the molecule is Nc1nc(Nc2ccc(C3NCC4CN(C5CCCC5)CC43)c(F)c2)nn1-c1cc2c(nn1)-c1ccccc1CCC2. The number of aryl methyl sites for hydroxylation is 2. The van der Waals surface area contributed by atoms with Gasteiger partial charge in [-0.1, -0.05) is 43.2 Å². The molecule has 0 amide bonds. The van der Waals surface area contributed by atoms with E-state index in [9.17, 15) is 0 Å². The first-order chi connectivity index (χ1) is 20.6. The summed E-state index contributed by atoms with van der Waals surface area (Å²) >= 11 is 0. The second-order valence-corrected chi connectivity index (χ2v) is 12.4. The van der Waals surface area contributed by atoms with Gasteiger partial charge in [0.15, 0.2) is 5.82 Å². The number of nitrogens with two attached hydrogens (primary N) is 1. The van der Waals surface area contributed by atoms with Crippen LogP contribution in [0, 0.1) is 17.7 Å². The Morgan fingerprint density at radius 1 is 0.952 bits per heavy atom. The van der Waals surface area contributed by atoms with E-state index in [0.29, 0.717) is 23.3 Å². The first kappa shape index (κ1) is 25.8.